The minimum Gasteiger partial charge on any atom is -0.354 e. The summed E-state index contributed by atoms with van der Waals surface area (Å²) in [6.07, 6.45) is 8.97. The third-order valence-electron chi connectivity index (χ3n) is 4.37. The average molecular weight is 311 g/mol. The first-order valence-corrected chi connectivity index (χ1v) is 7.45. The molecule has 4 nitrogen and oxygen atoms in total. The van der Waals surface area contributed by atoms with Crippen LogP contribution >= 0.6 is 15.9 Å². The first kappa shape index (κ1) is 12.4. The Bertz CT molecular complexity index is 394. The van der Waals surface area contributed by atoms with Gasteiger partial charge in [0, 0.05) is 31.0 Å². The lowest BCUT2D eigenvalue weighted by Gasteiger charge is -2.36. The van der Waals surface area contributed by atoms with E-state index in [0.29, 0.717) is 0 Å². The number of hydrogen-bond donors (Lipinski definition) is 1. The summed E-state index contributed by atoms with van der Waals surface area (Å²) < 4.78 is 0.922. The van der Waals surface area contributed by atoms with E-state index < -0.39 is 0 Å². The standard InChI is InChI=1S/C13H19BrN4/c1-18-11-2-3-12(18)5-9(4-11)6-15-13-16-7-10(14)8-17-13/h7-9,11-12H,2-6H2,1H3,(H,15,16,17). The molecule has 0 amide bonds. The molecule has 3 heterocycles. The molecule has 5 heteroatoms. The number of halogens is 1. The van der Waals surface area contributed by atoms with Gasteiger partial charge in [0.15, 0.2) is 0 Å². The number of aromatic nitrogens is 2. The Balaban J connectivity index is 1.54. The van der Waals surface area contributed by atoms with Gasteiger partial charge in [-0.25, -0.2) is 9.97 Å². The minimum absolute atomic E-state index is 0.740. The van der Waals surface area contributed by atoms with Crippen molar-refractivity contribution in [2.24, 2.45) is 5.92 Å². The van der Waals surface area contributed by atoms with E-state index in [0.717, 1.165) is 35.0 Å². The number of fused-ring (bicyclic) bond motifs is 2. The fourth-order valence-corrected chi connectivity index (χ4v) is 3.53. The highest BCUT2D eigenvalue weighted by Gasteiger charge is 2.38. The van der Waals surface area contributed by atoms with Crippen LogP contribution in [0.4, 0.5) is 5.95 Å². The van der Waals surface area contributed by atoms with Gasteiger partial charge < -0.3 is 10.2 Å². The van der Waals surface area contributed by atoms with E-state index in [4.69, 9.17) is 0 Å². The van der Waals surface area contributed by atoms with Crippen LogP contribution < -0.4 is 5.32 Å². The second-order valence-corrected chi connectivity index (χ2v) is 6.41. The molecule has 98 valence electrons. The number of rotatable bonds is 3. The average Bonchev–Trinajstić information content (AvgIpc) is 2.62. The summed E-state index contributed by atoms with van der Waals surface area (Å²) >= 11 is 3.35. The number of hydrogen-bond acceptors (Lipinski definition) is 4. The molecule has 2 fully saturated rings. The molecule has 3 rings (SSSR count). The number of piperidine rings is 1. The van der Waals surface area contributed by atoms with Crippen molar-refractivity contribution in [2.45, 2.75) is 37.8 Å². The predicted molar refractivity (Wildman–Crippen MR) is 75.5 cm³/mol. The first-order chi connectivity index (χ1) is 8.72. The van der Waals surface area contributed by atoms with E-state index in [1.165, 1.54) is 25.7 Å². The Kier molecular flexibility index (Phi) is 3.52. The quantitative estimate of drug-likeness (QED) is 0.931. The van der Waals surface area contributed by atoms with Crippen molar-refractivity contribution in [3.05, 3.63) is 16.9 Å². The Morgan fingerprint density at radius 2 is 1.89 bits per heavy atom. The van der Waals surface area contributed by atoms with Gasteiger partial charge >= 0.3 is 0 Å². The zero-order valence-electron chi connectivity index (χ0n) is 10.6. The molecule has 0 aliphatic carbocycles. The highest BCUT2D eigenvalue weighted by Crippen LogP contribution is 2.37. The van der Waals surface area contributed by atoms with Gasteiger partial charge in [-0.05, 0) is 54.6 Å². The van der Waals surface area contributed by atoms with Crippen molar-refractivity contribution >= 4 is 21.9 Å². The van der Waals surface area contributed by atoms with Gasteiger partial charge in [0.1, 0.15) is 0 Å². The summed E-state index contributed by atoms with van der Waals surface area (Å²) in [7, 11) is 2.28. The zero-order chi connectivity index (χ0) is 12.5. The van der Waals surface area contributed by atoms with Crippen LogP contribution in [0.1, 0.15) is 25.7 Å². The second-order valence-electron chi connectivity index (χ2n) is 5.49. The summed E-state index contributed by atoms with van der Waals surface area (Å²) in [5.41, 5.74) is 0. The molecule has 0 spiro atoms. The highest BCUT2D eigenvalue weighted by molar-refractivity contribution is 9.10. The van der Waals surface area contributed by atoms with E-state index in [1.807, 2.05) is 0 Å². The van der Waals surface area contributed by atoms with Crippen molar-refractivity contribution in [1.29, 1.82) is 0 Å². The van der Waals surface area contributed by atoms with E-state index in [9.17, 15) is 0 Å². The fraction of sp³-hybridized carbons (Fsp3) is 0.692. The monoisotopic (exact) mass is 310 g/mol. The van der Waals surface area contributed by atoms with Crippen LogP contribution in [-0.2, 0) is 0 Å². The van der Waals surface area contributed by atoms with Crippen molar-refractivity contribution in [3.8, 4) is 0 Å². The SMILES string of the molecule is CN1C2CCC1CC(CNc1ncc(Br)cn1)C2. The molecule has 0 saturated carbocycles. The molecule has 2 bridgehead atoms. The Morgan fingerprint density at radius 1 is 1.28 bits per heavy atom. The van der Waals surface area contributed by atoms with E-state index in [-0.39, 0.29) is 0 Å². The third-order valence-corrected chi connectivity index (χ3v) is 4.77. The Labute approximate surface area is 116 Å². The molecule has 2 unspecified atom stereocenters. The first-order valence-electron chi connectivity index (χ1n) is 6.65. The lowest BCUT2D eigenvalue weighted by molar-refractivity contribution is 0.139. The molecule has 18 heavy (non-hydrogen) atoms. The second kappa shape index (κ2) is 5.13. The molecule has 2 aliphatic heterocycles. The van der Waals surface area contributed by atoms with Crippen LogP contribution in [0.5, 0.6) is 0 Å². The summed E-state index contributed by atoms with van der Waals surface area (Å²) in [6.45, 7) is 1.00. The molecule has 1 N–H and O–H groups in total. The van der Waals surface area contributed by atoms with Gasteiger partial charge in [0.05, 0.1) is 4.47 Å². The van der Waals surface area contributed by atoms with E-state index in [2.05, 4.69) is 43.2 Å². The van der Waals surface area contributed by atoms with E-state index >= 15 is 0 Å². The summed E-state index contributed by atoms with van der Waals surface area (Å²) in [6, 6.07) is 1.61. The van der Waals surface area contributed by atoms with Gasteiger partial charge in [0.2, 0.25) is 5.95 Å². The number of anilines is 1. The molecule has 2 aliphatic rings. The third kappa shape index (κ3) is 2.52. The van der Waals surface area contributed by atoms with Crippen molar-refractivity contribution < 1.29 is 0 Å². The maximum atomic E-state index is 4.25. The Hall–Kier alpha value is -0.680. The van der Waals surface area contributed by atoms with Gasteiger partial charge in [-0.2, -0.15) is 0 Å². The van der Waals surface area contributed by atoms with Crippen LogP contribution in [0.25, 0.3) is 0 Å². The van der Waals surface area contributed by atoms with Crippen LogP contribution in [0.15, 0.2) is 16.9 Å². The minimum atomic E-state index is 0.740. The van der Waals surface area contributed by atoms with Crippen molar-refractivity contribution in [2.75, 3.05) is 18.9 Å². The molecule has 0 radical (unpaired) electrons. The van der Waals surface area contributed by atoms with Crippen molar-refractivity contribution in [3.63, 3.8) is 0 Å². The molecule has 2 atom stereocenters. The number of nitrogens with one attached hydrogen (secondary N) is 1. The lowest BCUT2D eigenvalue weighted by atomic mass is 9.91. The Morgan fingerprint density at radius 3 is 2.50 bits per heavy atom. The maximum absolute atomic E-state index is 4.25. The molecule has 1 aromatic heterocycles. The van der Waals surface area contributed by atoms with Crippen LogP contribution in [0.2, 0.25) is 0 Å². The van der Waals surface area contributed by atoms with Gasteiger partial charge in [-0.15, -0.1) is 0 Å². The summed E-state index contributed by atoms with van der Waals surface area (Å²) in [5, 5.41) is 3.36. The van der Waals surface area contributed by atoms with Gasteiger partial charge in [-0.1, -0.05) is 0 Å². The normalized spacial score (nSPS) is 31.6. The van der Waals surface area contributed by atoms with E-state index in [1.54, 1.807) is 12.4 Å². The lowest BCUT2D eigenvalue weighted by Crippen LogP contribution is -2.41. The topological polar surface area (TPSA) is 41.0 Å². The predicted octanol–water partition coefficient (Wildman–Crippen LogP) is 2.52. The number of nitrogens with zero attached hydrogens (tertiary/aromatic N) is 3. The van der Waals surface area contributed by atoms with Crippen LogP contribution in [0.3, 0.4) is 0 Å². The summed E-state index contributed by atoms with van der Waals surface area (Å²) in [5.74, 6) is 1.51. The van der Waals surface area contributed by atoms with Crippen molar-refractivity contribution in [1.82, 2.24) is 14.9 Å². The van der Waals surface area contributed by atoms with Gasteiger partial charge in [0.25, 0.3) is 0 Å². The largest absolute Gasteiger partial charge is 0.354 e. The van der Waals surface area contributed by atoms with Crippen LogP contribution in [0, 0.1) is 5.92 Å². The highest BCUT2D eigenvalue weighted by atomic mass is 79.9. The molecule has 2 saturated heterocycles. The molecule has 1 aromatic rings. The zero-order valence-corrected chi connectivity index (χ0v) is 12.2. The maximum Gasteiger partial charge on any atom is 0.222 e. The van der Waals surface area contributed by atoms with Crippen LogP contribution in [-0.4, -0.2) is 40.5 Å². The fourth-order valence-electron chi connectivity index (χ4n) is 3.33. The molecular formula is C13H19BrN4. The van der Waals surface area contributed by atoms with Gasteiger partial charge in [-0.3, -0.25) is 0 Å². The summed E-state index contributed by atoms with van der Waals surface area (Å²) in [4.78, 5) is 11.1. The molecular weight excluding hydrogens is 292 g/mol. The smallest absolute Gasteiger partial charge is 0.222 e. The molecule has 0 aromatic carbocycles.